The molecule has 0 saturated heterocycles. The van der Waals surface area contributed by atoms with E-state index in [9.17, 15) is 0 Å². The van der Waals surface area contributed by atoms with Gasteiger partial charge in [0.25, 0.3) is 0 Å². The lowest BCUT2D eigenvalue weighted by atomic mass is 10.2. The molecule has 82 valence electrons. The van der Waals surface area contributed by atoms with Crippen LogP contribution in [0.25, 0.3) is 11.3 Å². The predicted molar refractivity (Wildman–Crippen MR) is 64.5 cm³/mol. The third-order valence-corrected chi connectivity index (χ3v) is 3.21. The minimum absolute atomic E-state index is 0.282. The van der Waals surface area contributed by atoms with Gasteiger partial charge in [0, 0.05) is 22.5 Å². The van der Waals surface area contributed by atoms with E-state index >= 15 is 0 Å². The maximum atomic E-state index is 5.84. The highest BCUT2D eigenvalue weighted by molar-refractivity contribution is 6.30. The van der Waals surface area contributed by atoms with Crippen LogP contribution in [-0.4, -0.2) is 6.04 Å². The van der Waals surface area contributed by atoms with E-state index in [4.69, 9.17) is 21.8 Å². The van der Waals surface area contributed by atoms with Crippen molar-refractivity contribution in [3.8, 4) is 11.3 Å². The Morgan fingerprint density at radius 2 is 1.81 bits per heavy atom. The first-order chi connectivity index (χ1) is 7.74. The molecule has 2 aromatic rings. The Bertz CT molecular complexity index is 503. The van der Waals surface area contributed by atoms with Gasteiger partial charge in [-0.25, -0.2) is 0 Å². The van der Waals surface area contributed by atoms with Gasteiger partial charge < -0.3 is 10.2 Å². The molecule has 1 aromatic carbocycles. The van der Waals surface area contributed by atoms with Crippen LogP contribution in [0.4, 0.5) is 0 Å². The molecule has 0 amide bonds. The molecular formula is C13H12ClNO. The van der Waals surface area contributed by atoms with Crippen molar-refractivity contribution in [2.45, 2.75) is 18.4 Å². The summed E-state index contributed by atoms with van der Waals surface area (Å²) >= 11 is 5.84. The molecule has 0 bridgehead atoms. The highest BCUT2D eigenvalue weighted by Crippen LogP contribution is 2.41. The first-order valence-electron chi connectivity index (χ1n) is 5.35. The van der Waals surface area contributed by atoms with Crippen LogP contribution in [0.15, 0.2) is 40.8 Å². The molecule has 1 saturated carbocycles. The van der Waals surface area contributed by atoms with E-state index in [0.29, 0.717) is 5.92 Å². The smallest absolute Gasteiger partial charge is 0.134 e. The maximum absolute atomic E-state index is 5.84. The molecule has 0 radical (unpaired) electrons. The molecule has 0 spiro atoms. The van der Waals surface area contributed by atoms with Crippen LogP contribution < -0.4 is 5.73 Å². The van der Waals surface area contributed by atoms with E-state index in [2.05, 4.69) is 0 Å². The molecular weight excluding hydrogens is 222 g/mol. The van der Waals surface area contributed by atoms with Crippen LogP contribution in [0, 0.1) is 0 Å². The second kappa shape index (κ2) is 3.65. The summed E-state index contributed by atoms with van der Waals surface area (Å²) in [6.45, 7) is 0. The predicted octanol–water partition coefficient (Wildman–Crippen LogP) is 3.41. The van der Waals surface area contributed by atoms with Gasteiger partial charge in [-0.3, -0.25) is 0 Å². The summed E-state index contributed by atoms with van der Waals surface area (Å²) in [5, 5.41) is 0.736. The number of furan rings is 1. The minimum Gasteiger partial charge on any atom is -0.461 e. The topological polar surface area (TPSA) is 39.2 Å². The number of halogens is 1. The van der Waals surface area contributed by atoms with Gasteiger partial charge in [0.15, 0.2) is 0 Å². The van der Waals surface area contributed by atoms with Gasteiger partial charge in [-0.15, -0.1) is 0 Å². The van der Waals surface area contributed by atoms with Crippen LogP contribution in [0.5, 0.6) is 0 Å². The summed E-state index contributed by atoms with van der Waals surface area (Å²) < 4.78 is 5.78. The van der Waals surface area contributed by atoms with E-state index < -0.39 is 0 Å². The van der Waals surface area contributed by atoms with Crippen molar-refractivity contribution in [1.29, 1.82) is 0 Å². The lowest BCUT2D eigenvalue weighted by molar-refractivity contribution is 0.522. The number of benzene rings is 1. The third-order valence-electron chi connectivity index (χ3n) is 2.96. The van der Waals surface area contributed by atoms with Gasteiger partial charge in [0.05, 0.1) is 0 Å². The summed E-state index contributed by atoms with van der Waals surface area (Å²) in [7, 11) is 0. The zero-order valence-electron chi connectivity index (χ0n) is 8.69. The molecule has 1 fully saturated rings. The summed E-state index contributed by atoms with van der Waals surface area (Å²) in [5.41, 5.74) is 6.84. The van der Waals surface area contributed by atoms with Gasteiger partial charge in [0.2, 0.25) is 0 Å². The van der Waals surface area contributed by atoms with Crippen molar-refractivity contribution in [2.24, 2.45) is 5.73 Å². The highest BCUT2D eigenvalue weighted by atomic mass is 35.5. The molecule has 3 rings (SSSR count). The lowest BCUT2D eigenvalue weighted by Crippen LogP contribution is -2.00. The van der Waals surface area contributed by atoms with Crippen molar-refractivity contribution >= 4 is 11.6 Å². The fourth-order valence-corrected chi connectivity index (χ4v) is 1.99. The average Bonchev–Trinajstić information content (AvgIpc) is 2.82. The molecule has 2 N–H and O–H groups in total. The largest absolute Gasteiger partial charge is 0.461 e. The Kier molecular flexibility index (Phi) is 2.27. The van der Waals surface area contributed by atoms with Gasteiger partial charge >= 0.3 is 0 Å². The molecule has 1 heterocycles. The normalized spacial score (nSPS) is 23.4. The van der Waals surface area contributed by atoms with E-state index in [1.54, 1.807) is 0 Å². The Hall–Kier alpha value is -1.25. The summed E-state index contributed by atoms with van der Waals surface area (Å²) in [4.78, 5) is 0. The van der Waals surface area contributed by atoms with Crippen molar-refractivity contribution in [2.75, 3.05) is 0 Å². The van der Waals surface area contributed by atoms with Crippen molar-refractivity contribution in [3.63, 3.8) is 0 Å². The minimum atomic E-state index is 0.282. The van der Waals surface area contributed by atoms with Gasteiger partial charge in [-0.1, -0.05) is 11.6 Å². The van der Waals surface area contributed by atoms with E-state index in [1.165, 1.54) is 0 Å². The molecule has 1 aliphatic rings. The second-order valence-corrected chi connectivity index (χ2v) is 4.65. The zero-order valence-corrected chi connectivity index (χ0v) is 9.45. The Morgan fingerprint density at radius 3 is 2.44 bits per heavy atom. The summed E-state index contributed by atoms with van der Waals surface area (Å²) in [5.74, 6) is 2.30. The van der Waals surface area contributed by atoms with E-state index in [0.717, 1.165) is 28.5 Å². The Balaban J connectivity index is 1.89. The van der Waals surface area contributed by atoms with Crippen LogP contribution in [0.3, 0.4) is 0 Å². The first kappa shape index (κ1) is 9.94. The van der Waals surface area contributed by atoms with Crippen molar-refractivity contribution in [1.82, 2.24) is 0 Å². The fraction of sp³-hybridized carbons (Fsp3) is 0.231. The Morgan fingerprint density at radius 1 is 1.12 bits per heavy atom. The maximum Gasteiger partial charge on any atom is 0.134 e. The van der Waals surface area contributed by atoms with Crippen LogP contribution in [0.2, 0.25) is 5.02 Å². The third kappa shape index (κ3) is 1.75. The fourth-order valence-electron chi connectivity index (χ4n) is 1.86. The van der Waals surface area contributed by atoms with Gasteiger partial charge in [-0.2, -0.15) is 0 Å². The number of hydrogen-bond acceptors (Lipinski definition) is 2. The zero-order chi connectivity index (χ0) is 11.1. The molecule has 3 heteroatoms. The van der Waals surface area contributed by atoms with Crippen LogP contribution >= 0.6 is 11.6 Å². The average molecular weight is 234 g/mol. The van der Waals surface area contributed by atoms with Crippen molar-refractivity contribution in [3.05, 3.63) is 47.2 Å². The van der Waals surface area contributed by atoms with E-state index in [1.807, 2.05) is 36.4 Å². The standard InChI is InChI=1S/C13H12ClNO/c14-9-3-1-8(2-4-9)12-5-6-13(16-12)10-7-11(10)15/h1-6,10-11H,7,15H2/t10-,11-/m0/s1. The molecule has 1 aromatic heterocycles. The molecule has 1 aliphatic carbocycles. The SMILES string of the molecule is N[C@H]1C[C@@H]1c1ccc(-c2ccc(Cl)cc2)o1. The monoisotopic (exact) mass is 233 g/mol. The highest BCUT2D eigenvalue weighted by Gasteiger charge is 2.37. The molecule has 16 heavy (non-hydrogen) atoms. The number of hydrogen-bond donors (Lipinski definition) is 1. The molecule has 2 nitrogen and oxygen atoms in total. The summed E-state index contributed by atoms with van der Waals surface area (Å²) in [6, 6.07) is 11.9. The van der Waals surface area contributed by atoms with E-state index in [-0.39, 0.29) is 6.04 Å². The Labute approximate surface area is 99.0 Å². The number of nitrogens with two attached hydrogens (primary N) is 1. The second-order valence-electron chi connectivity index (χ2n) is 4.21. The first-order valence-corrected chi connectivity index (χ1v) is 5.73. The lowest BCUT2D eigenvalue weighted by Gasteiger charge is -1.97. The molecule has 0 aliphatic heterocycles. The number of rotatable bonds is 2. The van der Waals surface area contributed by atoms with Crippen LogP contribution in [-0.2, 0) is 0 Å². The van der Waals surface area contributed by atoms with Gasteiger partial charge in [0.1, 0.15) is 11.5 Å². The van der Waals surface area contributed by atoms with Crippen LogP contribution in [0.1, 0.15) is 18.1 Å². The molecule has 0 unspecified atom stereocenters. The summed E-state index contributed by atoms with van der Waals surface area (Å²) in [6.07, 6.45) is 1.04. The quantitative estimate of drug-likeness (QED) is 0.863. The van der Waals surface area contributed by atoms with Gasteiger partial charge in [-0.05, 0) is 42.8 Å². The molecule has 2 atom stereocenters. The van der Waals surface area contributed by atoms with Crippen molar-refractivity contribution < 1.29 is 4.42 Å².